The molecular weight excluding hydrogens is 421 g/mol. The molecule has 2 rings (SSSR count). The third kappa shape index (κ3) is 5.23. The molecule has 0 unspecified atom stereocenters. The first-order chi connectivity index (χ1) is 11.3. The Labute approximate surface area is 154 Å². The highest BCUT2D eigenvalue weighted by Crippen LogP contribution is 2.21. The van der Waals surface area contributed by atoms with Crippen molar-refractivity contribution in [2.24, 2.45) is 0 Å². The van der Waals surface area contributed by atoms with E-state index in [0.717, 1.165) is 26.1 Å². The van der Waals surface area contributed by atoms with E-state index < -0.39 is 5.97 Å². The standard InChI is InChI=1S/C18H18INO4/c1-11-8-12(2)18(13(3)9-11)20-16(21)10-23-17(22)7-5-14-4-6-15(19)24-14/h4-9H,10H2,1-3H3,(H,20,21)/b7-5+. The summed E-state index contributed by atoms with van der Waals surface area (Å²) in [6.45, 7) is 5.51. The first-order valence-electron chi connectivity index (χ1n) is 7.33. The number of carbonyl (C=O) groups excluding carboxylic acids is 2. The van der Waals surface area contributed by atoms with Gasteiger partial charge in [-0.3, -0.25) is 4.79 Å². The van der Waals surface area contributed by atoms with Crippen molar-refractivity contribution < 1.29 is 18.7 Å². The Hall–Kier alpha value is -2.09. The van der Waals surface area contributed by atoms with Crippen LogP contribution < -0.4 is 5.32 Å². The predicted octanol–water partition coefficient (Wildman–Crippen LogP) is 4.00. The number of anilines is 1. The van der Waals surface area contributed by atoms with Gasteiger partial charge in [-0.1, -0.05) is 17.7 Å². The lowest BCUT2D eigenvalue weighted by molar-refractivity contribution is -0.142. The SMILES string of the molecule is Cc1cc(C)c(NC(=O)COC(=O)/C=C/c2ccc(I)o2)c(C)c1. The minimum atomic E-state index is -0.603. The van der Waals surface area contributed by atoms with Crippen molar-refractivity contribution in [3.63, 3.8) is 0 Å². The Bertz CT molecular complexity index is 769. The normalized spacial score (nSPS) is 10.8. The maximum atomic E-state index is 12.0. The number of esters is 1. The largest absolute Gasteiger partial charge is 0.452 e. The second-order valence-corrected chi connectivity index (χ2v) is 6.47. The summed E-state index contributed by atoms with van der Waals surface area (Å²) in [6.07, 6.45) is 2.72. The molecule has 0 spiro atoms. The summed E-state index contributed by atoms with van der Waals surface area (Å²) in [6, 6.07) is 7.50. The Morgan fingerprint density at radius 2 is 1.88 bits per heavy atom. The maximum absolute atomic E-state index is 12.0. The zero-order chi connectivity index (χ0) is 17.7. The Balaban J connectivity index is 1.87. The Kier molecular flexibility index (Phi) is 6.19. The highest BCUT2D eigenvalue weighted by Gasteiger charge is 2.10. The summed E-state index contributed by atoms with van der Waals surface area (Å²) in [5.74, 6) is -0.431. The summed E-state index contributed by atoms with van der Waals surface area (Å²) in [7, 11) is 0. The first kappa shape index (κ1) is 18.3. The molecular formula is C18H18INO4. The predicted molar refractivity (Wildman–Crippen MR) is 101 cm³/mol. The number of nitrogens with one attached hydrogen (secondary N) is 1. The molecule has 0 aliphatic rings. The van der Waals surface area contributed by atoms with Gasteiger partial charge in [0.05, 0.1) is 0 Å². The van der Waals surface area contributed by atoms with Crippen LogP contribution in [0.15, 0.2) is 34.8 Å². The molecule has 0 saturated carbocycles. The van der Waals surface area contributed by atoms with Crippen LogP contribution in [0.3, 0.4) is 0 Å². The van der Waals surface area contributed by atoms with Crippen molar-refractivity contribution in [1.82, 2.24) is 0 Å². The van der Waals surface area contributed by atoms with E-state index in [1.54, 1.807) is 12.1 Å². The van der Waals surface area contributed by atoms with Crippen LogP contribution in [-0.2, 0) is 14.3 Å². The highest BCUT2D eigenvalue weighted by atomic mass is 127. The summed E-state index contributed by atoms with van der Waals surface area (Å²) >= 11 is 2.03. The fourth-order valence-corrected chi connectivity index (χ4v) is 2.74. The highest BCUT2D eigenvalue weighted by molar-refractivity contribution is 14.1. The van der Waals surface area contributed by atoms with Crippen LogP contribution in [0.1, 0.15) is 22.5 Å². The lowest BCUT2D eigenvalue weighted by Crippen LogP contribution is -2.21. The van der Waals surface area contributed by atoms with E-state index in [1.165, 1.54) is 12.2 Å². The first-order valence-corrected chi connectivity index (χ1v) is 8.41. The molecule has 0 aliphatic carbocycles. The summed E-state index contributed by atoms with van der Waals surface area (Å²) < 4.78 is 10.9. The quantitative estimate of drug-likeness (QED) is 0.435. The van der Waals surface area contributed by atoms with Crippen LogP contribution in [0.25, 0.3) is 6.08 Å². The number of furan rings is 1. The summed E-state index contributed by atoms with van der Waals surface area (Å²) in [4.78, 5) is 23.6. The molecule has 0 aliphatic heterocycles. The lowest BCUT2D eigenvalue weighted by atomic mass is 10.1. The van der Waals surface area contributed by atoms with E-state index in [9.17, 15) is 9.59 Å². The van der Waals surface area contributed by atoms with Crippen molar-refractivity contribution in [2.45, 2.75) is 20.8 Å². The smallest absolute Gasteiger partial charge is 0.331 e. The Morgan fingerprint density at radius 3 is 2.46 bits per heavy atom. The average Bonchev–Trinajstić information content (AvgIpc) is 2.92. The monoisotopic (exact) mass is 439 g/mol. The molecule has 1 aromatic heterocycles. The van der Waals surface area contributed by atoms with Gasteiger partial charge in [0.1, 0.15) is 5.76 Å². The number of aryl methyl sites for hydroxylation is 3. The number of halogens is 1. The van der Waals surface area contributed by atoms with E-state index in [4.69, 9.17) is 9.15 Å². The molecule has 1 N–H and O–H groups in total. The van der Waals surface area contributed by atoms with Gasteiger partial charge < -0.3 is 14.5 Å². The van der Waals surface area contributed by atoms with Gasteiger partial charge >= 0.3 is 5.97 Å². The maximum Gasteiger partial charge on any atom is 0.331 e. The third-order valence-electron chi connectivity index (χ3n) is 3.26. The minimum absolute atomic E-state index is 0.342. The summed E-state index contributed by atoms with van der Waals surface area (Å²) in [5, 5.41) is 2.78. The molecule has 126 valence electrons. The number of carbonyl (C=O) groups is 2. The molecule has 6 heteroatoms. The van der Waals surface area contributed by atoms with Crippen LogP contribution in [-0.4, -0.2) is 18.5 Å². The van der Waals surface area contributed by atoms with Crippen LogP contribution in [0.4, 0.5) is 5.69 Å². The van der Waals surface area contributed by atoms with Crippen LogP contribution >= 0.6 is 22.6 Å². The molecule has 1 heterocycles. The van der Waals surface area contributed by atoms with Gasteiger partial charge in [-0.15, -0.1) is 0 Å². The van der Waals surface area contributed by atoms with Gasteiger partial charge in [-0.05, 0) is 72.7 Å². The van der Waals surface area contributed by atoms with Crippen molar-refractivity contribution in [1.29, 1.82) is 0 Å². The fourth-order valence-electron chi connectivity index (χ4n) is 2.31. The third-order valence-corrected chi connectivity index (χ3v) is 3.84. The molecule has 1 amide bonds. The number of ether oxygens (including phenoxy) is 1. The van der Waals surface area contributed by atoms with Crippen molar-refractivity contribution >= 4 is 46.2 Å². The molecule has 0 saturated heterocycles. The van der Waals surface area contributed by atoms with Crippen molar-refractivity contribution in [2.75, 3.05) is 11.9 Å². The van der Waals surface area contributed by atoms with Crippen molar-refractivity contribution in [3.05, 3.63) is 56.6 Å². The minimum Gasteiger partial charge on any atom is -0.452 e. The van der Waals surface area contributed by atoms with Crippen LogP contribution in [0, 0.1) is 24.5 Å². The van der Waals surface area contributed by atoms with Crippen LogP contribution in [0.5, 0.6) is 0 Å². The number of hydrogen-bond acceptors (Lipinski definition) is 4. The average molecular weight is 439 g/mol. The zero-order valence-electron chi connectivity index (χ0n) is 13.7. The lowest BCUT2D eigenvalue weighted by Gasteiger charge is -2.12. The number of hydrogen-bond donors (Lipinski definition) is 1. The zero-order valence-corrected chi connectivity index (χ0v) is 15.8. The van der Waals surface area contributed by atoms with Gasteiger partial charge in [-0.2, -0.15) is 0 Å². The van der Waals surface area contributed by atoms with E-state index >= 15 is 0 Å². The van der Waals surface area contributed by atoms with E-state index in [2.05, 4.69) is 5.32 Å². The Morgan fingerprint density at radius 1 is 1.21 bits per heavy atom. The molecule has 1 aromatic carbocycles. The topological polar surface area (TPSA) is 68.5 Å². The fraction of sp³-hybridized carbons (Fsp3) is 0.222. The second kappa shape index (κ2) is 8.14. The van der Waals surface area contributed by atoms with Gasteiger partial charge in [0.25, 0.3) is 5.91 Å². The number of amides is 1. The molecule has 2 aromatic rings. The van der Waals surface area contributed by atoms with Crippen molar-refractivity contribution in [3.8, 4) is 0 Å². The van der Waals surface area contributed by atoms with E-state index in [0.29, 0.717) is 5.76 Å². The summed E-state index contributed by atoms with van der Waals surface area (Å²) in [5.41, 5.74) is 3.83. The van der Waals surface area contributed by atoms with Gasteiger partial charge in [-0.25, -0.2) is 4.79 Å². The molecule has 0 bridgehead atoms. The number of rotatable bonds is 5. The molecule has 5 nitrogen and oxygen atoms in total. The van der Waals surface area contributed by atoms with E-state index in [-0.39, 0.29) is 12.5 Å². The molecule has 0 atom stereocenters. The molecule has 0 fully saturated rings. The van der Waals surface area contributed by atoms with E-state index in [1.807, 2.05) is 55.5 Å². The molecule has 0 radical (unpaired) electrons. The van der Waals surface area contributed by atoms with Crippen LogP contribution in [0.2, 0.25) is 0 Å². The van der Waals surface area contributed by atoms with Gasteiger partial charge in [0, 0.05) is 11.8 Å². The van der Waals surface area contributed by atoms with Gasteiger partial charge in [0.2, 0.25) is 0 Å². The number of benzene rings is 1. The second-order valence-electron chi connectivity index (χ2n) is 5.40. The molecule has 24 heavy (non-hydrogen) atoms. The van der Waals surface area contributed by atoms with Gasteiger partial charge in [0.15, 0.2) is 10.4 Å².